The van der Waals surface area contributed by atoms with Gasteiger partial charge < -0.3 is 9.77 Å². The Labute approximate surface area is 82.9 Å². The van der Waals surface area contributed by atoms with E-state index < -0.39 is 0 Å². The third kappa shape index (κ3) is 1.22. The first-order valence-corrected chi connectivity index (χ1v) is 4.65. The van der Waals surface area contributed by atoms with Gasteiger partial charge in [-0.05, 0) is 18.6 Å². The number of para-hydroxylation sites is 1. The lowest BCUT2D eigenvalue weighted by molar-refractivity contribution is 0.159. The first kappa shape index (κ1) is 9.24. The van der Waals surface area contributed by atoms with E-state index in [1.165, 1.54) is 16.5 Å². The molecule has 0 unspecified atom stereocenters. The zero-order chi connectivity index (χ0) is 10.1. The van der Waals surface area contributed by atoms with Crippen molar-refractivity contribution in [1.29, 1.82) is 0 Å². The molecular formula is C11H14N2O. The first-order valence-electron chi connectivity index (χ1n) is 4.65. The minimum Gasteiger partial charge on any atom is -0.346 e. The molecule has 0 saturated heterocycles. The molecule has 0 aliphatic rings. The number of aryl methyl sites for hydroxylation is 2. The zero-order valence-corrected chi connectivity index (χ0v) is 8.41. The highest BCUT2D eigenvalue weighted by Gasteiger charge is 2.09. The van der Waals surface area contributed by atoms with E-state index in [0.717, 1.165) is 5.69 Å². The Balaban J connectivity index is 2.72. The van der Waals surface area contributed by atoms with Crippen LogP contribution in [0.1, 0.15) is 11.3 Å². The van der Waals surface area contributed by atoms with Gasteiger partial charge in [-0.3, -0.25) is 0 Å². The average Bonchev–Trinajstić information content (AvgIpc) is 2.45. The zero-order valence-electron chi connectivity index (χ0n) is 8.41. The quantitative estimate of drug-likeness (QED) is 0.710. The lowest BCUT2D eigenvalue weighted by atomic mass is 10.1. The number of benzene rings is 1. The van der Waals surface area contributed by atoms with Gasteiger partial charge >= 0.3 is 0 Å². The average molecular weight is 190 g/mol. The molecule has 2 aromatic rings. The number of fused-ring (bicyclic) bond motifs is 1. The van der Waals surface area contributed by atoms with E-state index in [9.17, 15) is 0 Å². The van der Waals surface area contributed by atoms with Crippen molar-refractivity contribution in [3.05, 3.63) is 35.5 Å². The standard InChI is InChI=1S/C11H14N2O/c1-8-9-5-3-4-6-10(9)13(2)11(8)7-12-14/h3-6,12,14H,7H2,1-2H3. The number of hydrogen-bond acceptors (Lipinski definition) is 2. The highest BCUT2D eigenvalue weighted by atomic mass is 16.5. The molecule has 0 amide bonds. The molecule has 1 aromatic heterocycles. The molecule has 0 atom stereocenters. The van der Waals surface area contributed by atoms with E-state index in [0.29, 0.717) is 6.54 Å². The fraction of sp³-hybridized carbons (Fsp3) is 0.273. The lowest BCUT2D eigenvalue weighted by Crippen LogP contribution is -2.10. The molecule has 0 aliphatic carbocycles. The van der Waals surface area contributed by atoms with Crippen molar-refractivity contribution < 1.29 is 5.21 Å². The SMILES string of the molecule is Cc1c(CNO)n(C)c2ccccc12. The normalized spacial score (nSPS) is 11.1. The van der Waals surface area contributed by atoms with Gasteiger partial charge in [0.15, 0.2) is 0 Å². The second kappa shape index (κ2) is 3.44. The molecular weight excluding hydrogens is 176 g/mol. The summed E-state index contributed by atoms with van der Waals surface area (Å²) in [4.78, 5) is 0. The Bertz CT molecular complexity index is 421. The van der Waals surface area contributed by atoms with Gasteiger partial charge in [0.05, 0.1) is 6.54 Å². The first-order chi connectivity index (χ1) is 6.75. The second-order valence-electron chi connectivity index (χ2n) is 3.48. The molecule has 14 heavy (non-hydrogen) atoms. The van der Waals surface area contributed by atoms with Crippen LogP contribution in [0.15, 0.2) is 24.3 Å². The lowest BCUT2D eigenvalue weighted by Gasteiger charge is -2.03. The van der Waals surface area contributed by atoms with Gasteiger partial charge in [-0.1, -0.05) is 18.2 Å². The van der Waals surface area contributed by atoms with Crippen LogP contribution in [-0.2, 0) is 13.6 Å². The van der Waals surface area contributed by atoms with Crippen LogP contribution < -0.4 is 5.48 Å². The number of aromatic nitrogens is 1. The van der Waals surface area contributed by atoms with Crippen molar-refractivity contribution >= 4 is 10.9 Å². The second-order valence-corrected chi connectivity index (χ2v) is 3.48. The fourth-order valence-electron chi connectivity index (χ4n) is 1.96. The summed E-state index contributed by atoms with van der Waals surface area (Å²) < 4.78 is 2.11. The molecule has 1 aromatic carbocycles. The minimum absolute atomic E-state index is 0.483. The van der Waals surface area contributed by atoms with Crippen LogP contribution in [0.5, 0.6) is 0 Å². The largest absolute Gasteiger partial charge is 0.346 e. The van der Waals surface area contributed by atoms with Crippen LogP contribution >= 0.6 is 0 Å². The maximum Gasteiger partial charge on any atom is 0.0614 e. The fourth-order valence-corrected chi connectivity index (χ4v) is 1.96. The van der Waals surface area contributed by atoms with E-state index in [-0.39, 0.29) is 0 Å². The van der Waals surface area contributed by atoms with Gasteiger partial charge in [-0.2, -0.15) is 5.48 Å². The Morgan fingerprint density at radius 2 is 2.07 bits per heavy atom. The maximum absolute atomic E-state index is 8.73. The molecule has 0 bridgehead atoms. The Hall–Kier alpha value is -1.32. The van der Waals surface area contributed by atoms with Gasteiger partial charge in [0.1, 0.15) is 0 Å². The summed E-state index contributed by atoms with van der Waals surface area (Å²) in [5, 5.41) is 9.98. The molecule has 74 valence electrons. The topological polar surface area (TPSA) is 37.2 Å². The Kier molecular flexibility index (Phi) is 2.27. The van der Waals surface area contributed by atoms with E-state index in [4.69, 9.17) is 5.21 Å². The Morgan fingerprint density at radius 3 is 2.71 bits per heavy atom. The van der Waals surface area contributed by atoms with Gasteiger partial charge in [0.25, 0.3) is 0 Å². The third-order valence-corrected chi connectivity index (χ3v) is 2.75. The van der Waals surface area contributed by atoms with Crippen LogP contribution in [0, 0.1) is 6.92 Å². The molecule has 3 heteroatoms. The van der Waals surface area contributed by atoms with Crippen molar-refractivity contribution in [2.45, 2.75) is 13.5 Å². The summed E-state index contributed by atoms with van der Waals surface area (Å²) in [5.41, 5.74) is 5.76. The summed E-state index contributed by atoms with van der Waals surface area (Å²) in [6.07, 6.45) is 0. The summed E-state index contributed by atoms with van der Waals surface area (Å²) >= 11 is 0. The Morgan fingerprint density at radius 1 is 1.36 bits per heavy atom. The summed E-state index contributed by atoms with van der Waals surface area (Å²) in [6.45, 7) is 2.56. The van der Waals surface area contributed by atoms with Crippen LogP contribution in [0.4, 0.5) is 0 Å². The predicted molar refractivity (Wildman–Crippen MR) is 56.3 cm³/mol. The monoisotopic (exact) mass is 190 g/mol. The predicted octanol–water partition coefficient (Wildman–Crippen LogP) is 1.97. The number of hydrogen-bond donors (Lipinski definition) is 2. The smallest absolute Gasteiger partial charge is 0.0614 e. The van der Waals surface area contributed by atoms with Crippen molar-refractivity contribution in [2.75, 3.05) is 0 Å². The van der Waals surface area contributed by atoms with Crippen LogP contribution in [-0.4, -0.2) is 9.77 Å². The molecule has 3 nitrogen and oxygen atoms in total. The summed E-state index contributed by atoms with van der Waals surface area (Å²) in [5.74, 6) is 0. The van der Waals surface area contributed by atoms with E-state index in [1.807, 2.05) is 19.2 Å². The third-order valence-electron chi connectivity index (χ3n) is 2.75. The molecule has 0 fully saturated rings. The molecule has 0 aliphatic heterocycles. The minimum atomic E-state index is 0.483. The van der Waals surface area contributed by atoms with Gasteiger partial charge in [0.2, 0.25) is 0 Å². The van der Waals surface area contributed by atoms with Crippen molar-refractivity contribution in [3.8, 4) is 0 Å². The highest BCUT2D eigenvalue weighted by molar-refractivity contribution is 5.85. The molecule has 2 rings (SSSR count). The van der Waals surface area contributed by atoms with E-state index >= 15 is 0 Å². The van der Waals surface area contributed by atoms with E-state index in [1.54, 1.807) is 0 Å². The van der Waals surface area contributed by atoms with E-state index in [2.05, 4.69) is 29.1 Å². The molecule has 2 N–H and O–H groups in total. The number of nitrogens with one attached hydrogen (secondary N) is 1. The summed E-state index contributed by atoms with van der Waals surface area (Å²) in [6, 6.07) is 8.25. The van der Waals surface area contributed by atoms with Crippen molar-refractivity contribution in [1.82, 2.24) is 10.0 Å². The van der Waals surface area contributed by atoms with Crippen molar-refractivity contribution in [2.24, 2.45) is 7.05 Å². The molecule has 0 saturated carbocycles. The summed E-state index contributed by atoms with van der Waals surface area (Å²) in [7, 11) is 2.02. The van der Waals surface area contributed by atoms with Gasteiger partial charge in [-0.15, -0.1) is 0 Å². The molecule has 1 heterocycles. The number of hydroxylamine groups is 1. The number of nitrogens with zero attached hydrogens (tertiary/aromatic N) is 1. The van der Waals surface area contributed by atoms with Gasteiger partial charge in [-0.25, -0.2) is 0 Å². The van der Waals surface area contributed by atoms with Crippen LogP contribution in [0.2, 0.25) is 0 Å². The van der Waals surface area contributed by atoms with Crippen LogP contribution in [0.25, 0.3) is 10.9 Å². The number of rotatable bonds is 2. The molecule has 0 spiro atoms. The van der Waals surface area contributed by atoms with Gasteiger partial charge in [0, 0.05) is 23.6 Å². The maximum atomic E-state index is 8.73. The van der Waals surface area contributed by atoms with Crippen molar-refractivity contribution in [3.63, 3.8) is 0 Å². The van der Waals surface area contributed by atoms with Crippen LogP contribution in [0.3, 0.4) is 0 Å². The molecule has 0 radical (unpaired) electrons. The highest BCUT2D eigenvalue weighted by Crippen LogP contribution is 2.23.